The molecule has 16 aromatic rings. The van der Waals surface area contributed by atoms with Gasteiger partial charge in [0, 0.05) is 75.4 Å². The topological polar surface area (TPSA) is 103 Å². The molecule has 16 rings (SSSR count). The summed E-state index contributed by atoms with van der Waals surface area (Å²) < 4.78 is 0. The first-order chi connectivity index (χ1) is 37.6. The van der Waals surface area contributed by atoms with Gasteiger partial charge < -0.3 is 0 Å². The number of hydrogen-bond donors (Lipinski definition) is 0. The second-order valence-electron chi connectivity index (χ2n) is 19.5. The van der Waals surface area contributed by atoms with E-state index in [9.17, 15) is 0 Å². The molecule has 0 atom stereocenters. The second kappa shape index (κ2) is 16.5. The highest BCUT2D eigenvalue weighted by molar-refractivity contribution is 6.27. The van der Waals surface area contributed by atoms with Crippen molar-refractivity contribution in [2.24, 2.45) is 0 Å². The molecule has 0 aliphatic carbocycles. The lowest BCUT2D eigenvalue weighted by atomic mass is 9.90. The summed E-state index contributed by atoms with van der Waals surface area (Å²) in [5.41, 5.74) is 10.8. The van der Waals surface area contributed by atoms with E-state index in [0.717, 1.165) is 98.8 Å². The monoisotopic (exact) mass is 966 g/mol. The van der Waals surface area contributed by atoms with Crippen molar-refractivity contribution in [3.05, 3.63) is 231 Å². The average molecular weight is 967 g/mol. The molecule has 0 aliphatic heterocycles. The molecule has 350 valence electrons. The van der Waals surface area contributed by atoms with E-state index >= 15 is 0 Å². The smallest absolute Gasteiger partial charge is 0.178 e. The second-order valence-corrected chi connectivity index (χ2v) is 19.5. The summed E-state index contributed by atoms with van der Waals surface area (Å²) in [7, 11) is 0. The lowest BCUT2D eigenvalue weighted by Gasteiger charge is -2.15. The first kappa shape index (κ1) is 42.1. The van der Waals surface area contributed by atoms with Gasteiger partial charge in [0.1, 0.15) is 5.69 Å². The maximum Gasteiger partial charge on any atom is 0.178 e. The number of pyridine rings is 4. The predicted molar refractivity (Wildman–Crippen MR) is 311 cm³/mol. The molecule has 0 fully saturated rings. The van der Waals surface area contributed by atoms with E-state index in [0.29, 0.717) is 17.3 Å². The van der Waals surface area contributed by atoms with E-state index in [1.165, 1.54) is 48.5 Å². The van der Waals surface area contributed by atoms with Gasteiger partial charge in [0.2, 0.25) is 0 Å². The Morgan fingerprint density at radius 3 is 1.29 bits per heavy atom. The summed E-state index contributed by atoms with van der Waals surface area (Å²) in [6.07, 6.45) is 11.2. The Morgan fingerprint density at radius 2 is 0.658 bits per heavy atom. The van der Waals surface area contributed by atoms with Crippen LogP contribution in [-0.4, -0.2) is 39.9 Å². The molecule has 6 heterocycles. The van der Waals surface area contributed by atoms with E-state index in [1.807, 2.05) is 61.4 Å². The number of fused-ring (bicyclic) bond motifs is 18. The highest BCUT2D eigenvalue weighted by Gasteiger charge is 2.18. The summed E-state index contributed by atoms with van der Waals surface area (Å²) in [6, 6.07) is 68.8. The van der Waals surface area contributed by atoms with Crippen LogP contribution < -0.4 is 0 Å². The van der Waals surface area contributed by atoms with E-state index in [4.69, 9.17) is 34.9 Å². The molecule has 0 aliphatic rings. The predicted octanol–water partition coefficient (Wildman–Crippen LogP) is 16.7. The third-order valence-corrected chi connectivity index (χ3v) is 15.3. The Kier molecular flexibility index (Phi) is 9.17. The minimum atomic E-state index is 0.554. The van der Waals surface area contributed by atoms with Crippen LogP contribution in [0.3, 0.4) is 0 Å². The van der Waals surface area contributed by atoms with Crippen molar-refractivity contribution in [1.29, 1.82) is 0 Å². The van der Waals surface area contributed by atoms with Crippen LogP contribution in [0.5, 0.6) is 0 Å². The Balaban J connectivity index is 0.754. The van der Waals surface area contributed by atoms with Gasteiger partial charge in [-0.25, -0.2) is 29.9 Å². The highest BCUT2D eigenvalue weighted by Crippen LogP contribution is 2.42. The van der Waals surface area contributed by atoms with Gasteiger partial charge in [0.15, 0.2) is 11.6 Å². The van der Waals surface area contributed by atoms with Gasteiger partial charge in [-0.1, -0.05) is 140 Å². The van der Waals surface area contributed by atoms with Crippen LogP contribution in [0.1, 0.15) is 0 Å². The molecule has 0 unspecified atom stereocenters. The van der Waals surface area contributed by atoms with Crippen molar-refractivity contribution >= 4 is 108 Å². The van der Waals surface area contributed by atoms with E-state index in [1.54, 1.807) is 0 Å². The fraction of sp³-hybridized carbons (Fsp3) is 0. The summed E-state index contributed by atoms with van der Waals surface area (Å²) >= 11 is 0. The summed E-state index contributed by atoms with van der Waals surface area (Å²) in [5, 5.41) is 18.5. The van der Waals surface area contributed by atoms with Crippen LogP contribution in [0.15, 0.2) is 231 Å². The molecule has 76 heavy (non-hydrogen) atoms. The molecule has 10 aromatic carbocycles. The lowest BCUT2D eigenvalue weighted by molar-refractivity contribution is 1.15. The molecule has 0 N–H and O–H groups in total. The lowest BCUT2D eigenvalue weighted by Crippen LogP contribution is -1.95. The fourth-order valence-electron chi connectivity index (χ4n) is 11.6. The minimum absolute atomic E-state index is 0.554. The van der Waals surface area contributed by atoms with E-state index in [-0.39, 0.29) is 0 Å². The van der Waals surface area contributed by atoms with Crippen LogP contribution >= 0.6 is 0 Å². The third kappa shape index (κ3) is 6.57. The molecule has 0 amide bonds. The molecule has 0 saturated heterocycles. The zero-order valence-corrected chi connectivity index (χ0v) is 40.5. The Hall–Kier alpha value is -10.4. The Morgan fingerprint density at radius 1 is 0.224 bits per heavy atom. The number of benzene rings is 10. The quantitative estimate of drug-likeness (QED) is 0.157. The van der Waals surface area contributed by atoms with Gasteiger partial charge in [0.05, 0.1) is 27.8 Å². The molecule has 0 radical (unpaired) electrons. The van der Waals surface area contributed by atoms with Gasteiger partial charge in [-0.15, -0.1) is 0 Å². The largest absolute Gasteiger partial charge is 0.254 e. The van der Waals surface area contributed by atoms with Gasteiger partial charge in [-0.05, 0) is 136 Å². The molecule has 0 bridgehead atoms. The van der Waals surface area contributed by atoms with Crippen molar-refractivity contribution in [2.75, 3.05) is 0 Å². The SMILES string of the molecule is c1cnc2c(c1)ccc1ccc(-c3cnc(-c4ccc5c6ccc(-c7cc8cccnc8c8nc(-c9ncc(-c%10ccc%11c%12ccccc%12c%12ccccc%12c%11c%10)cn9)ccc78)cc6c6ccccc6c5c4)nc3)nc12. The maximum absolute atomic E-state index is 5.29. The van der Waals surface area contributed by atoms with Crippen LogP contribution in [0.4, 0.5) is 0 Å². The molecule has 8 nitrogen and oxygen atoms in total. The normalized spacial score (nSPS) is 11.9. The van der Waals surface area contributed by atoms with E-state index in [2.05, 4.69) is 175 Å². The van der Waals surface area contributed by atoms with Gasteiger partial charge >= 0.3 is 0 Å². The van der Waals surface area contributed by atoms with Crippen molar-refractivity contribution in [1.82, 2.24) is 39.9 Å². The van der Waals surface area contributed by atoms with Crippen molar-refractivity contribution < 1.29 is 0 Å². The number of rotatable bonds is 5. The van der Waals surface area contributed by atoms with Crippen LogP contribution in [0.2, 0.25) is 0 Å². The number of nitrogens with zero attached hydrogens (tertiary/aromatic N) is 8. The van der Waals surface area contributed by atoms with Crippen molar-refractivity contribution in [3.63, 3.8) is 0 Å². The third-order valence-electron chi connectivity index (χ3n) is 15.3. The Bertz CT molecular complexity index is 5060. The van der Waals surface area contributed by atoms with Crippen LogP contribution in [0.25, 0.3) is 165 Å². The summed E-state index contributed by atoms with van der Waals surface area (Å²) in [5.74, 6) is 1.21. The molecular formula is C68H38N8. The minimum Gasteiger partial charge on any atom is -0.254 e. The molecule has 6 aromatic heterocycles. The molecule has 0 saturated carbocycles. The molecule has 0 spiro atoms. The van der Waals surface area contributed by atoms with Crippen molar-refractivity contribution in [2.45, 2.75) is 0 Å². The average Bonchev–Trinajstić information content (AvgIpc) is 3.54. The van der Waals surface area contributed by atoms with Gasteiger partial charge in [0.25, 0.3) is 0 Å². The summed E-state index contributed by atoms with van der Waals surface area (Å²) in [4.78, 5) is 39.4. The van der Waals surface area contributed by atoms with Gasteiger partial charge in [-0.3, -0.25) is 9.97 Å². The van der Waals surface area contributed by atoms with E-state index < -0.39 is 0 Å². The van der Waals surface area contributed by atoms with Crippen LogP contribution in [0, 0.1) is 0 Å². The zero-order chi connectivity index (χ0) is 49.8. The fourth-order valence-corrected chi connectivity index (χ4v) is 11.6. The maximum atomic E-state index is 5.29. The summed E-state index contributed by atoms with van der Waals surface area (Å²) in [6.45, 7) is 0. The van der Waals surface area contributed by atoms with Crippen LogP contribution in [-0.2, 0) is 0 Å². The molecular weight excluding hydrogens is 929 g/mol. The standard InChI is InChI=1S/C68H38N8/c1-2-13-49-47(11-1)48-12-3-4-14-50(48)58-31-41(19-23-53(49)58)45-35-73-68(74-36-45)62-28-26-56-57(33-43-10-8-30-70-64(43)66(56)76-62)42-20-24-54-55-25-21-44(34-60(55)52-16-6-5-15-51(52)59(54)32-42)67-71-37-46(38-72-67)61-27-22-40-18-17-39-9-7-29-69-63(39)65(40)75-61/h1-38H. The first-order valence-electron chi connectivity index (χ1n) is 25.4. The van der Waals surface area contributed by atoms with Gasteiger partial charge in [-0.2, -0.15) is 0 Å². The highest BCUT2D eigenvalue weighted by atomic mass is 14.9. The Labute approximate surface area is 433 Å². The van der Waals surface area contributed by atoms with Crippen molar-refractivity contribution in [3.8, 4) is 56.4 Å². The first-order valence-corrected chi connectivity index (χ1v) is 25.4. The zero-order valence-electron chi connectivity index (χ0n) is 40.5. The number of aromatic nitrogens is 8. The number of hydrogen-bond acceptors (Lipinski definition) is 8. The molecule has 8 heteroatoms.